The molecule has 8 heteroatoms. The van der Waals surface area contributed by atoms with Crippen LogP contribution >= 0.6 is 23.4 Å². The molecule has 0 radical (unpaired) electrons. The van der Waals surface area contributed by atoms with Gasteiger partial charge in [-0.15, -0.1) is 11.8 Å². The van der Waals surface area contributed by atoms with E-state index in [2.05, 4.69) is 15.0 Å². The second-order valence-electron chi connectivity index (χ2n) is 5.07. The molecule has 3 aromatic heterocycles. The second kappa shape index (κ2) is 7.41. The fourth-order valence-electron chi connectivity index (χ4n) is 2.04. The highest BCUT2D eigenvalue weighted by molar-refractivity contribution is 7.98. The highest BCUT2D eigenvalue weighted by Crippen LogP contribution is 2.31. The number of thioether (sulfide) groups is 1. The fraction of sp³-hybridized carbons (Fsp3) is 0.118. The van der Waals surface area contributed by atoms with Gasteiger partial charge in [-0.1, -0.05) is 17.7 Å². The van der Waals surface area contributed by atoms with Crippen molar-refractivity contribution in [3.8, 4) is 11.1 Å². The van der Waals surface area contributed by atoms with Crippen molar-refractivity contribution in [2.24, 2.45) is 0 Å². The Kier molecular flexibility index (Phi) is 5.24. The van der Waals surface area contributed by atoms with Crippen LogP contribution in [0.1, 0.15) is 11.4 Å². The lowest BCUT2D eigenvalue weighted by Gasteiger charge is -2.07. The van der Waals surface area contributed by atoms with Crippen molar-refractivity contribution in [1.82, 2.24) is 15.0 Å². The molecule has 0 bridgehead atoms. The molecule has 128 valence electrons. The number of alkyl halides is 3. The van der Waals surface area contributed by atoms with Gasteiger partial charge in [-0.05, 0) is 30.3 Å². The van der Waals surface area contributed by atoms with E-state index in [-0.39, 0.29) is 0 Å². The van der Waals surface area contributed by atoms with E-state index in [1.807, 2.05) is 18.2 Å². The molecule has 3 heterocycles. The topological polar surface area (TPSA) is 38.7 Å². The number of halogens is 4. The van der Waals surface area contributed by atoms with Gasteiger partial charge in [0, 0.05) is 40.4 Å². The highest BCUT2D eigenvalue weighted by atomic mass is 35.5. The molecule has 3 nitrogen and oxygen atoms in total. The first-order chi connectivity index (χ1) is 11.9. The molecule has 0 saturated heterocycles. The van der Waals surface area contributed by atoms with E-state index in [4.69, 9.17) is 11.6 Å². The first-order valence-electron chi connectivity index (χ1n) is 7.15. The Balaban J connectivity index is 1.67. The van der Waals surface area contributed by atoms with Crippen LogP contribution in [-0.2, 0) is 11.9 Å². The van der Waals surface area contributed by atoms with Crippen LogP contribution < -0.4 is 0 Å². The maximum atomic E-state index is 12.7. The first-order valence-corrected chi connectivity index (χ1v) is 8.51. The van der Waals surface area contributed by atoms with Gasteiger partial charge in [0.05, 0.1) is 5.69 Å². The first kappa shape index (κ1) is 17.7. The summed E-state index contributed by atoms with van der Waals surface area (Å²) in [5.74, 6) is 0.459. The molecule has 3 rings (SSSR count). The predicted molar refractivity (Wildman–Crippen MR) is 91.3 cm³/mol. The van der Waals surface area contributed by atoms with Crippen molar-refractivity contribution in [2.45, 2.75) is 16.8 Å². The largest absolute Gasteiger partial charge is 0.433 e. The van der Waals surface area contributed by atoms with Crippen molar-refractivity contribution >= 4 is 23.4 Å². The van der Waals surface area contributed by atoms with E-state index in [1.54, 1.807) is 24.5 Å². The summed E-state index contributed by atoms with van der Waals surface area (Å²) in [5.41, 5.74) is 1.65. The Bertz CT molecular complexity index is 852. The van der Waals surface area contributed by atoms with E-state index in [9.17, 15) is 13.2 Å². The second-order valence-corrected chi connectivity index (χ2v) is 6.51. The van der Waals surface area contributed by atoms with Gasteiger partial charge in [-0.2, -0.15) is 13.2 Å². The monoisotopic (exact) mass is 381 g/mol. The lowest BCUT2D eigenvalue weighted by Crippen LogP contribution is -2.07. The summed E-state index contributed by atoms with van der Waals surface area (Å²) < 4.78 is 38.0. The van der Waals surface area contributed by atoms with E-state index in [1.165, 1.54) is 11.8 Å². The Labute approximate surface area is 151 Å². The summed E-state index contributed by atoms with van der Waals surface area (Å²) in [6, 6.07) is 9.86. The molecule has 0 fully saturated rings. The summed E-state index contributed by atoms with van der Waals surface area (Å²) in [6.07, 6.45) is 0.0796. The van der Waals surface area contributed by atoms with Gasteiger partial charge in [0.1, 0.15) is 10.8 Å². The van der Waals surface area contributed by atoms with Crippen LogP contribution in [0.5, 0.6) is 0 Å². The zero-order valence-electron chi connectivity index (χ0n) is 12.7. The van der Waals surface area contributed by atoms with Gasteiger partial charge in [0.2, 0.25) is 0 Å². The van der Waals surface area contributed by atoms with Crippen LogP contribution in [-0.4, -0.2) is 15.0 Å². The molecular weight excluding hydrogens is 371 g/mol. The molecule has 0 unspecified atom stereocenters. The Morgan fingerprint density at radius 1 is 0.920 bits per heavy atom. The van der Waals surface area contributed by atoms with Crippen LogP contribution in [0.2, 0.25) is 5.15 Å². The number of nitrogens with zero attached hydrogens (tertiary/aromatic N) is 3. The van der Waals surface area contributed by atoms with Crippen LogP contribution in [0.15, 0.2) is 59.9 Å². The van der Waals surface area contributed by atoms with Crippen molar-refractivity contribution in [1.29, 1.82) is 0 Å². The maximum Gasteiger partial charge on any atom is 0.433 e. The molecule has 0 aliphatic carbocycles. The van der Waals surface area contributed by atoms with Crippen molar-refractivity contribution in [3.05, 3.63) is 71.5 Å². The van der Waals surface area contributed by atoms with Crippen molar-refractivity contribution in [2.75, 3.05) is 0 Å². The zero-order valence-corrected chi connectivity index (χ0v) is 14.2. The predicted octanol–water partition coefficient (Wildman–Crippen LogP) is 5.50. The smallest absolute Gasteiger partial charge is 0.260 e. The van der Waals surface area contributed by atoms with Crippen LogP contribution in [0, 0.1) is 0 Å². The third kappa shape index (κ3) is 4.70. The minimum atomic E-state index is -4.44. The standard InChI is InChI=1S/C17H11ClF3N3S/c18-16-4-2-12(9-24-16)11-1-3-13(23-8-11)10-25-14-5-6-22-15(7-14)17(19,20)21/h1-9H,10H2. The van der Waals surface area contributed by atoms with Gasteiger partial charge < -0.3 is 0 Å². The summed E-state index contributed by atoms with van der Waals surface area (Å²) in [4.78, 5) is 12.2. The van der Waals surface area contributed by atoms with Crippen molar-refractivity contribution < 1.29 is 13.2 Å². The molecule has 0 spiro atoms. The molecule has 0 atom stereocenters. The summed E-state index contributed by atoms with van der Waals surface area (Å²) in [5, 5.41) is 0.417. The highest BCUT2D eigenvalue weighted by Gasteiger charge is 2.32. The molecule has 0 aliphatic rings. The molecule has 0 N–H and O–H groups in total. The zero-order chi connectivity index (χ0) is 17.9. The van der Waals surface area contributed by atoms with Crippen molar-refractivity contribution in [3.63, 3.8) is 0 Å². The molecule has 3 aromatic rings. The number of aromatic nitrogens is 3. The minimum absolute atomic E-state index is 0.417. The third-order valence-corrected chi connectivity index (χ3v) is 4.54. The fourth-order valence-corrected chi connectivity index (χ4v) is 2.99. The number of rotatable bonds is 4. The lowest BCUT2D eigenvalue weighted by atomic mass is 10.1. The summed E-state index contributed by atoms with van der Waals surface area (Å²) >= 11 is 7.03. The minimum Gasteiger partial charge on any atom is -0.260 e. The van der Waals surface area contributed by atoms with Gasteiger partial charge in [0.25, 0.3) is 0 Å². The normalized spacial score (nSPS) is 11.5. The molecule has 0 amide bonds. The number of hydrogen-bond donors (Lipinski definition) is 0. The van der Waals surface area contributed by atoms with E-state index in [0.29, 0.717) is 15.8 Å². The Morgan fingerprint density at radius 3 is 2.24 bits per heavy atom. The average Bonchev–Trinajstić information content (AvgIpc) is 2.61. The summed E-state index contributed by atoms with van der Waals surface area (Å²) in [6.45, 7) is 0. The average molecular weight is 382 g/mol. The number of hydrogen-bond acceptors (Lipinski definition) is 4. The SMILES string of the molecule is FC(F)(F)c1cc(SCc2ccc(-c3ccc(Cl)nc3)cn2)ccn1. The summed E-state index contributed by atoms with van der Waals surface area (Å²) in [7, 11) is 0. The Morgan fingerprint density at radius 2 is 1.64 bits per heavy atom. The maximum absolute atomic E-state index is 12.7. The van der Waals surface area contributed by atoms with Gasteiger partial charge in [0.15, 0.2) is 0 Å². The van der Waals surface area contributed by atoms with Crippen LogP contribution in [0.25, 0.3) is 11.1 Å². The van der Waals surface area contributed by atoms with Gasteiger partial charge in [-0.3, -0.25) is 9.97 Å². The molecule has 25 heavy (non-hydrogen) atoms. The van der Waals surface area contributed by atoms with E-state index < -0.39 is 11.9 Å². The third-order valence-electron chi connectivity index (χ3n) is 3.29. The van der Waals surface area contributed by atoms with E-state index in [0.717, 1.165) is 29.1 Å². The van der Waals surface area contributed by atoms with Crippen LogP contribution in [0.4, 0.5) is 13.2 Å². The van der Waals surface area contributed by atoms with Crippen LogP contribution in [0.3, 0.4) is 0 Å². The van der Waals surface area contributed by atoms with Gasteiger partial charge in [-0.25, -0.2) is 4.98 Å². The number of pyridine rings is 3. The Hall–Kier alpha value is -2.12. The molecule has 0 saturated carbocycles. The molecular formula is C17H11ClF3N3S. The van der Waals surface area contributed by atoms with Gasteiger partial charge >= 0.3 is 6.18 Å². The molecule has 0 aromatic carbocycles. The quantitative estimate of drug-likeness (QED) is 0.441. The van der Waals surface area contributed by atoms with E-state index >= 15 is 0 Å². The molecule has 0 aliphatic heterocycles. The lowest BCUT2D eigenvalue weighted by molar-refractivity contribution is -0.141.